The van der Waals surface area contributed by atoms with E-state index in [-0.39, 0.29) is 13.0 Å². The van der Waals surface area contributed by atoms with E-state index in [1.54, 1.807) is 0 Å². The Morgan fingerprint density at radius 1 is 1.04 bits per heavy atom. The van der Waals surface area contributed by atoms with E-state index < -0.39 is 17.9 Å². The molecular weight excluding hydrogens is 306 g/mol. The third-order valence-corrected chi connectivity index (χ3v) is 3.32. The minimum absolute atomic E-state index is 0.104. The fourth-order valence-electron chi connectivity index (χ4n) is 2.13. The summed E-state index contributed by atoms with van der Waals surface area (Å²) in [5, 5.41) is 2.51. The number of Topliss-reactive ketones (excluding diaryl/α,β-unsaturated/α-hetero) is 1. The number of carbonyl (C=O) groups is 2. The van der Waals surface area contributed by atoms with Gasteiger partial charge in [-0.2, -0.15) is 4.79 Å². The van der Waals surface area contributed by atoms with E-state index in [4.69, 9.17) is 10.3 Å². The molecule has 24 heavy (non-hydrogen) atoms. The van der Waals surface area contributed by atoms with Crippen LogP contribution in [0, 0.1) is 0 Å². The molecule has 0 aliphatic heterocycles. The van der Waals surface area contributed by atoms with E-state index in [9.17, 15) is 9.59 Å². The standard InChI is InChI=1S/C18H17N3O3/c19-20-12-17(22)16(11-14-7-3-1-4-8-14)21-18(23)24-13-15-9-5-2-6-10-15/h1-10,12,16H,11,13H2,(H,21,23). The third kappa shape index (κ3) is 5.51. The second kappa shape index (κ2) is 9.02. The second-order valence-electron chi connectivity index (χ2n) is 5.10. The van der Waals surface area contributed by atoms with Gasteiger partial charge in [0.05, 0.1) is 0 Å². The van der Waals surface area contributed by atoms with Gasteiger partial charge in [0, 0.05) is 6.42 Å². The van der Waals surface area contributed by atoms with Gasteiger partial charge < -0.3 is 15.6 Å². The van der Waals surface area contributed by atoms with Gasteiger partial charge in [-0.3, -0.25) is 4.79 Å². The predicted molar refractivity (Wildman–Crippen MR) is 88.4 cm³/mol. The van der Waals surface area contributed by atoms with Crippen LogP contribution in [0.1, 0.15) is 11.1 Å². The highest BCUT2D eigenvalue weighted by atomic mass is 16.5. The topological polar surface area (TPSA) is 91.8 Å². The molecule has 0 fully saturated rings. The Labute approximate surface area is 139 Å². The van der Waals surface area contributed by atoms with Gasteiger partial charge in [0.1, 0.15) is 12.6 Å². The Morgan fingerprint density at radius 3 is 2.21 bits per heavy atom. The minimum Gasteiger partial charge on any atom is -0.445 e. The summed E-state index contributed by atoms with van der Waals surface area (Å²) in [6.07, 6.45) is 0.330. The summed E-state index contributed by atoms with van der Waals surface area (Å²) in [4.78, 5) is 26.6. The zero-order valence-electron chi connectivity index (χ0n) is 13.0. The maximum atomic E-state index is 12.0. The smallest absolute Gasteiger partial charge is 0.408 e. The van der Waals surface area contributed by atoms with Crippen LogP contribution in [0.3, 0.4) is 0 Å². The van der Waals surface area contributed by atoms with Crippen molar-refractivity contribution < 1.29 is 19.1 Å². The lowest BCUT2D eigenvalue weighted by atomic mass is 10.0. The summed E-state index contributed by atoms with van der Waals surface area (Å²) < 4.78 is 5.12. The molecule has 6 nitrogen and oxygen atoms in total. The largest absolute Gasteiger partial charge is 0.445 e. The van der Waals surface area contributed by atoms with Gasteiger partial charge in [0.15, 0.2) is 0 Å². The number of hydrogen-bond donors (Lipinski definition) is 1. The third-order valence-electron chi connectivity index (χ3n) is 3.32. The van der Waals surface area contributed by atoms with Crippen LogP contribution in [0.25, 0.3) is 5.53 Å². The molecule has 0 aliphatic rings. The van der Waals surface area contributed by atoms with Crippen molar-refractivity contribution in [3.05, 3.63) is 77.3 Å². The first-order valence-electron chi connectivity index (χ1n) is 7.41. The molecule has 0 spiro atoms. The summed E-state index contributed by atoms with van der Waals surface area (Å²) >= 11 is 0. The Hall–Kier alpha value is -3.24. The Kier molecular flexibility index (Phi) is 6.44. The number of alkyl carbamates (subject to hydrolysis) is 1. The molecule has 1 atom stereocenters. The van der Waals surface area contributed by atoms with Crippen molar-refractivity contribution in [1.82, 2.24) is 5.32 Å². The van der Waals surface area contributed by atoms with Gasteiger partial charge in [-0.25, -0.2) is 4.79 Å². The monoisotopic (exact) mass is 323 g/mol. The molecule has 122 valence electrons. The van der Waals surface area contributed by atoms with E-state index in [1.807, 2.05) is 60.7 Å². The number of hydrogen-bond acceptors (Lipinski definition) is 3. The number of nitrogens with one attached hydrogen (secondary N) is 1. The minimum atomic E-state index is -0.869. The molecule has 0 bridgehead atoms. The molecule has 1 unspecified atom stereocenters. The summed E-state index contributed by atoms with van der Waals surface area (Å²) in [7, 11) is 0. The van der Waals surface area contributed by atoms with Gasteiger partial charge in [-0.05, 0) is 11.1 Å². The van der Waals surface area contributed by atoms with Crippen LogP contribution in [0.4, 0.5) is 4.79 Å². The second-order valence-corrected chi connectivity index (χ2v) is 5.10. The number of nitrogens with zero attached hydrogens (tertiary/aromatic N) is 2. The first-order valence-corrected chi connectivity index (χ1v) is 7.41. The van der Waals surface area contributed by atoms with Crippen molar-refractivity contribution in [3.63, 3.8) is 0 Å². The molecule has 1 N–H and O–H groups in total. The molecule has 0 aromatic heterocycles. The number of ether oxygens (including phenoxy) is 1. The molecule has 0 aliphatic carbocycles. The van der Waals surface area contributed by atoms with Crippen LogP contribution in [0.5, 0.6) is 0 Å². The van der Waals surface area contributed by atoms with Crippen molar-refractivity contribution in [3.8, 4) is 0 Å². The lowest BCUT2D eigenvalue weighted by molar-refractivity contribution is -0.117. The molecule has 0 heterocycles. The van der Waals surface area contributed by atoms with Gasteiger partial charge in [-0.15, -0.1) is 0 Å². The molecule has 2 aromatic rings. The van der Waals surface area contributed by atoms with Crippen LogP contribution in [-0.4, -0.2) is 28.9 Å². The zero-order valence-corrected chi connectivity index (χ0v) is 13.0. The van der Waals surface area contributed by atoms with Crippen molar-refractivity contribution in [1.29, 1.82) is 0 Å². The fraction of sp³-hybridized carbons (Fsp3) is 0.167. The Balaban J connectivity index is 1.97. The number of rotatable bonds is 7. The van der Waals surface area contributed by atoms with Gasteiger partial charge in [0.25, 0.3) is 5.78 Å². The van der Waals surface area contributed by atoms with Gasteiger partial charge >= 0.3 is 12.3 Å². The summed E-state index contributed by atoms with van der Waals surface area (Å²) in [6.45, 7) is 0.104. The molecule has 1 amide bonds. The number of benzene rings is 2. The SMILES string of the molecule is [N-]=[N+]=CC(=O)C(Cc1ccccc1)NC(=O)OCc1ccccc1. The maximum Gasteiger partial charge on any atom is 0.408 e. The molecular formula is C18H17N3O3. The Bertz CT molecular complexity index is 726. The van der Waals surface area contributed by atoms with Gasteiger partial charge in [0.2, 0.25) is 0 Å². The molecule has 2 rings (SSSR count). The van der Waals surface area contributed by atoms with E-state index in [0.29, 0.717) is 0 Å². The van der Waals surface area contributed by atoms with Crippen LogP contribution < -0.4 is 5.32 Å². The lowest BCUT2D eigenvalue weighted by Crippen LogP contribution is -2.43. The highest BCUT2D eigenvalue weighted by Gasteiger charge is 2.23. The Morgan fingerprint density at radius 2 is 1.62 bits per heavy atom. The first-order chi connectivity index (χ1) is 11.7. The molecule has 2 aromatic carbocycles. The summed E-state index contributed by atoms with van der Waals surface area (Å²) in [6, 6.07) is 17.6. The molecule has 0 radical (unpaired) electrons. The number of amides is 1. The maximum absolute atomic E-state index is 12.0. The highest BCUT2D eigenvalue weighted by Crippen LogP contribution is 2.05. The van der Waals surface area contributed by atoms with Crippen molar-refractivity contribution in [2.45, 2.75) is 19.1 Å². The first kappa shape index (κ1) is 17.1. The molecule has 6 heteroatoms. The fourth-order valence-corrected chi connectivity index (χ4v) is 2.13. The van der Waals surface area contributed by atoms with E-state index in [1.165, 1.54) is 0 Å². The van der Waals surface area contributed by atoms with Crippen LogP contribution >= 0.6 is 0 Å². The van der Waals surface area contributed by atoms with Crippen LogP contribution in [-0.2, 0) is 22.6 Å². The average molecular weight is 323 g/mol. The molecule has 0 saturated heterocycles. The molecule has 0 saturated carbocycles. The summed E-state index contributed by atoms with van der Waals surface area (Å²) in [5.41, 5.74) is 10.3. The number of carbonyl (C=O) groups excluding carboxylic acids is 2. The summed E-state index contributed by atoms with van der Waals surface area (Å²) in [5.74, 6) is -0.516. The van der Waals surface area contributed by atoms with Gasteiger partial charge in [-0.1, -0.05) is 60.7 Å². The van der Waals surface area contributed by atoms with Crippen LogP contribution in [0.15, 0.2) is 60.7 Å². The number of ketones is 1. The van der Waals surface area contributed by atoms with Crippen molar-refractivity contribution in [2.75, 3.05) is 0 Å². The van der Waals surface area contributed by atoms with E-state index in [2.05, 4.69) is 10.1 Å². The van der Waals surface area contributed by atoms with E-state index in [0.717, 1.165) is 17.3 Å². The van der Waals surface area contributed by atoms with Crippen molar-refractivity contribution >= 4 is 18.1 Å². The predicted octanol–water partition coefficient (Wildman–Crippen LogP) is 2.39. The normalized spacial score (nSPS) is 11.0. The van der Waals surface area contributed by atoms with E-state index >= 15 is 0 Å². The zero-order chi connectivity index (χ0) is 17.2. The lowest BCUT2D eigenvalue weighted by Gasteiger charge is -2.14. The van der Waals surface area contributed by atoms with Crippen molar-refractivity contribution in [2.24, 2.45) is 0 Å². The average Bonchev–Trinajstić information content (AvgIpc) is 2.61. The quantitative estimate of drug-likeness (QED) is 0.482. The van der Waals surface area contributed by atoms with Crippen LogP contribution in [0.2, 0.25) is 0 Å². The highest BCUT2D eigenvalue weighted by molar-refractivity contribution is 6.28.